The van der Waals surface area contributed by atoms with Crippen molar-refractivity contribution in [2.24, 2.45) is 11.1 Å². The predicted molar refractivity (Wildman–Crippen MR) is 72.9 cm³/mol. The maximum Gasteiger partial charge on any atom is 0.149 e. The molecule has 1 saturated carbocycles. The Kier molecular flexibility index (Phi) is 4.09. The molecule has 3 unspecified atom stereocenters. The zero-order chi connectivity index (χ0) is 13.3. The molecule has 104 valence electrons. The average molecular weight is 253 g/mol. The molecule has 4 nitrogen and oxygen atoms in total. The first-order chi connectivity index (χ1) is 8.41. The van der Waals surface area contributed by atoms with Crippen LogP contribution in [0.2, 0.25) is 0 Å². The van der Waals surface area contributed by atoms with Crippen LogP contribution in [0, 0.1) is 5.41 Å². The smallest absolute Gasteiger partial charge is 0.149 e. The number of carbonyl (C=O) groups is 1. The fourth-order valence-electron chi connectivity index (χ4n) is 3.54. The first kappa shape index (κ1) is 14.0. The first-order valence-corrected chi connectivity index (χ1v) is 7.18. The molecule has 2 fully saturated rings. The Morgan fingerprint density at radius 1 is 1.39 bits per heavy atom. The van der Waals surface area contributed by atoms with Crippen molar-refractivity contribution < 1.29 is 4.79 Å². The zero-order valence-corrected chi connectivity index (χ0v) is 11.9. The van der Waals surface area contributed by atoms with Gasteiger partial charge in [0.2, 0.25) is 0 Å². The number of nitrogens with two attached hydrogens (primary N) is 1. The Hall–Kier alpha value is -0.450. The van der Waals surface area contributed by atoms with Crippen LogP contribution in [0.4, 0.5) is 0 Å². The molecule has 0 aromatic heterocycles. The fraction of sp³-hybridized carbons (Fsp3) is 0.929. The molecule has 1 heterocycles. The quantitative estimate of drug-likeness (QED) is 0.731. The van der Waals surface area contributed by atoms with Gasteiger partial charge in [0.05, 0.1) is 6.04 Å². The minimum Gasteiger partial charge on any atom is -0.325 e. The van der Waals surface area contributed by atoms with Gasteiger partial charge in [-0.25, -0.2) is 5.01 Å². The van der Waals surface area contributed by atoms with Gasteiger partial charge < -0.3 is 5.73 Å². The van der Waals surface area contributed by atoms with E-state index in [2.05, 4.69) is 24.3 Å². The number of hydrazine groups is 1. The lowest BCUT2D eigenvalue weighted by atomic mass is 9.83. The van der Waals surface area contributed by atoms with Gasteiger partial charge in [-0.2, -0.15) is 0 Å². The maximum absolute atomic E-state index is 11.8. The van der Waals surface area contributed by atoms with E-state index >= 15 is 0 Å². The predicted octanol–water partition coefficient (Wildman–Crippen LogP) is 1.45. The molecular weight excluding hydrogens is 226 g/mol. The lowest BCUT2D eigenvalue weighted by Crippen LogP contribution is -2.52. The second-order valence-electron chi connectivity index (χ2n) is 6.76. The fourth-order valence-corrected chi connectivity index (χ4v) is 3.54. The van der Waals surface area contributed by atoms with Crippen LogP contribution in [-0.4, -0.2) is 35.5 Å². The Labute approximate surface area is 110 Å². The second kappa shape index (κ2) is 5.27. The molecule has 1 aliphatic heterocycles. The van der Waals surface area contributed by atoms with Crippen molar-refractivity contribution in [1.82, 2.24) is 10.4 Å². The Morgan fingerprint density at radius 3 is 2.78 bits per heavy atom. The summed E-state index contributed by atoms with van der Waals surface area (Å²) in [5.74, 6) is 0.189. The maximum atomic E-state index is 11.8. The number of hydrogen-bond acceptors (Lipinski definition) is 4. The van der Waals surface area contributed by atoms with Gasteiger partial charge in [0, 0.05) is 18.6 Å². The molecular formula is C14H27N3O. The van der Waals surface area contributed by atoms with Gasteiger partial charge in [-0.1, -0.05) is 26.7 Å². The van der Waals surface area contributed by atoms with Crippen LogP contribution in [-0.2, 0) is 4.79 Å². The van der Waals surface area contributed by atoms with Crippen LogP contribution in [0.1, 0.15) is 52.9 Å². The molecule has 4 heteroatoms. The molecule has 18 heavy (non-hydrogen) atoms. The van der Waals surface area contributed by atoms with Gasteiger partial charge in [-0.05, 0) is 31.6 Å². The number of Topliss-reactive ketones (excluding diaryl/α,β-unsaturated/α-hetero) is 1. The van der Waals surface area contributed by atoms with E-state index in [9.17, 15) is 4.79 Å². The van der Waals surface area contributed by atoms with Crippen molar-refractivity contribution >= 4 is 5.78 Å². The summed E-state index contributed by atoms with van der Waals surface area (Å²) >= 11 is 0. The van der Waals surface area contributed by atoms with Crippen molar-refractivity contribution in [3.63, 3.8) is 0 Å². The summed E-state index contributed by atoms with van der Waals surface area (Å²) in [6.45, 7) is 7.06. The van der Waals surface area contributed by atoms with Gasteiger partial charge in [0.1, 0.15) is 5.78 Å². The average Bonchev–Trinajstić information content (AvgIpc) is 2.55. The monoisotopic (exact) mass is 253 g/mol. The topological polar surface area (TPSA) is 58.4 Å². The van der Waals surface area contributed by atoms with E-state index in [1.807, 2.05) is 0 Å². The van der Waals surface area contributed by atoms with E-state index < -0.39 is 0 Å². The largest absolute Gasteiger partial charge is 0.325 e. The molecule has 2 rings (SSSR count). The molecule has 3 N–H and O–H groups in total. The summed E-state index contributed by atoms with van der Waals surface area (Å²) in [4.78, 5) is 11.8. The third kappa shape index (κ3) is 2.92. The van der Waals surface area contributed by atoms with Crippen molar-refractivity contribution in [3.8, 4) is 0 Å². The summed E-state index contributed by atoms with van der Waals surface area (Å²) < 4.78 is 0. The number of ketones is 1. The van der Waals surface area contributed by atoms with Crippen molar-refractivity contribution in [3.05, 3.63) is 0 Å². The number of nitrogens with zero attached hydrogens (tertiary/aromatic N) is 1. The number of hydrogen-bond donors (Lipinski definition) is 2. The van der Waals surface area contributed by atoms with E-state index in [-0.39, 0.29) is 17.9 Å². The van der Waals surface area contributed by atoms with Crippen molar-refractivity contribution in [2.45, 2.75) is 71.0 Å². The van der Waals surface area contributed by atoms with Gasteiger partial charge in [-0.15, -0.1) is 0 Å². The summed E-state index contributed by atoms with van der Waals surface area (Å²) in [5, 5.41) is 2.17. The standard InChI is InChI=1S/C14H27N3O/c1-10(18)13-12(15)9-16-17(13)11-6-4-5-7-14(2,3)8-11/h11-13,16H,4-9,15H2,1-3H3. The van der Waals surface area contributed by atoms with Crippen LogP contribution in [0.15, 0.2) is 0 Å². The third-order valence-corrected chi connectivity index (χ3v) is 4.45. The van der Waals surface area contributed by atoms with Gasteiger partial charge in [-0.3, -0.25) is 10.2 Å². The number of nitrogens with one attached hydrogen (secondary N) is 1. The Bertz CT molecular complexity index is 316. The molecule has 0 aromatic rings. The second-order valence-corrected chi connectivity index (χ2v) is 6.76. The number of rotatable bonds is 2. The summed E-state index contributed by atoms with van der Waals surface area (Å²) in [6.07, 6.45) is 6.16. The highest BCUT2D eigenvalue weighted by molar-refractivity contribution is 5.82. The lowest BCUT2D eigenvalue weighted by molar-refractivity contribution is -0.123. The normalized spacial score (nSPS) is 37.4. The van der Waals surface area contributed by atoms with Crippen LogP contribution in [0.5, 0.6) is 0 Å². The molecule has 0 bridgehead atoms. The number of carbonyl (C=O) groups excluding carboxylic acids is 1. The van der Waals surface area contributed by atoms with Gasteiger partial charge in [0.25, 0.3) is 0 Å². The highest BCUT2D eigenvalue weighted by atomic mass is 16.1. The van der Waals surface area contributed by atoms with Gasteiger partial charge >= 0.3 is 0 Å². The van der Waals surface area contributed by atoms with E-state index in [0.717, 1.165) is 13.0 Å². The van der Waals surface area contributed by atoms with E-state index in [1.54, 1.807) is 6.92 Å². The molecule has 0 aromatic carbocycles. The Balaban J connectivity index is 2.11. The van der Waals surface area contributed by atoms with Crippen LogP contribution < -0.4 is 11.2 Å². The zero-order valence-electron chi connectivity index (χ0n) is 11.9. The molecule has 1 aliphatic carbocycles. The highest BCUT2D eigenvalue weighted by Crippen LogP contribution is 2.36. The minimum atomic E-state index is -0.135. The van der Waals surface area contributed by atoms with E-state index in [0.29, 0.717) is 11.5 Å². The van der Waals surface area contributed by atoms with Crippen LogP contribution >= 0.6 is 0 Å². The summed E-state index contributed by atoms with van der Waals surface area (Å²) in [6, 6.07) is 0.253. The molecule has 2 aliphatic rings. The van der Waals surface area contributed by atoms with E-state index in [4.69, 9.17) is 5.73 Å². The summed E-state index contributed by atoms with van der Waals surface area (Å²) in [5.41, 5.74) is 9.79. The molecule has 3 atom stereocenters. The first-order valence-electron chi connectivity index (χ1n) is 7.18. The summed E-state index contributed by atoms with van der Waals surface area (Å²) in [7, 11) is 0. The molecule has 1 saturated heterocycles. The van der Waals surface area contributed by atoms with Crippen LogP contribution in [0.25, 0.3) is 0 Å². The SMILES string of the molecule is CC(=O)C1C(N)CNN1C1CCCCC(C)(C)C1. The molecule has 0 amide bonds. The van der Waals surface area contributed by atoms with Crippen LogP contribution in [0.3, 0.4) is 0 Å². The molecule has 0 radical (unpaired) electrons. The van der Waals surface area contributed by atoms with E-state index in [1.165, 1.54) is 25.7 Å². The van der Waals surface area contributed by atoms with Crippen molar-refractivity contribution in [2.75, 3.05) is 6.54 Å². The Morgan fingerprint density at radius 2 is 2.11 bits per heavy atom. The molecule has 0 spiro atoms. The third-order valence-electron chi connectivity index (χ3n) is 4.45. The lowest BCUT2D eigenvalue weighted by Gasteiger charge is -2.35. The van der Waals surface area contributed by atoms with Gasteiger partial charge in [0.15, 0.2) is 0 Å². The minimum absolute atomic E-state index is 0.0612. The van der Waals surface area contributed by atoms with Crippen molar-refractivity contribution in [1.29, 1.82) is 0 Å². The highest BCUT2D eigenvalue weighted by Gasteiger charge is 2.41.